The van der Waals surface area contributed by atoms with E-state index in [1.807, 2.05) is 24.3 Å². The quantitative estimate of drug-likeness (QED) is 0.394. The number of thiazole rings is 1. The number of para-hydroxylation sites is 1. The van der Waals surface area contributed by atoms with Crippen molar-refractivity contribution in [1.29, 1.82) is 0 Å². The highest BCUT2D eigenvalue weighted by molar-refractivity contribution is 7.17. The number of anilines is 1. The largest absolute Gasteiger partial charge is 0.492 e. The first-order chi connectivity index (χ1) is 16.7. The van der Waals surface area contributed by atoms with Gasteiger partial charge in [0.15, 0.2) is 5.76 Å². The second kappa shape index (κ2) is 8.58. The van der Waals surface area contributed by atoms with E-state index in [0.717, 1.165) is 31.7 Å². The predicted molar refractivity (Wildman–Crippen MR) is 129 cm³/mol. The molecule has 3 aromatic heterocycles. The summed E-state index contributed by atoms with van der Waals surface area (Å²) in [5.41, 5.74) is 1.98. The van der Waals surface area contributed by atoms with Gasteiger partial charge in [0, 0.05) is 31.9 Å². The average Bonchev–Trinajstić information content (AvgIpc) is 3.60. The summed E-state index contributed by atoms with van der Waals surface area (Å²) in [6.45, 7) is 3.20. The first-order valence-corrected chi connectivity index (χ1v) is 11.9. The highest BCUT2D eigenvalue weighted by Crippen LogP contribution is 2.41. The van der Waals surface area contributed by atoms with Gasteiger partial charge in [-0.3, -0.25) is 4.90 Å². The van der Waals surface area contributed by atoms with Crippen LogP contribution >= 0.6 is 11.3 Å². The minimum Gasteiger partial charge on any atom is -0.492 e. The van der Waals surface area contributed by atoms with Gasteiger partial charge < -0.3 is 14.4 Å². The fourth-order valence-corrected chi connectivity index (χ4v) is 5.64. The fourth-order valence-electron chi connectivity index (χ4n) is 4.52. The van der Waals surface area contributed by atoms with Gasteiger partial charge in [-0.1, -0.05) is 41.7 Å². The van der Waals surface area contributed by atoms with Crippen molar-refractivity contribution in [1.82, 2.24) is 19.5 Å². The second-order valence-electron chi connectivity index (χ2n) is 8.21. The molecule has 0 bridgehead atoms. The standard InChI is InChI=1S/C25H22FN5O2S/c26-18-7-4-6-17(16-18)21(30-13-11-29(12-14-30)19-8-2-1-3-9-19)22-24(32)31-25(34-22)27-23(28-31)20-10-5-15-33-20/h1-10,15-16,21,32H,11-14H2/t21-/m1/s1. The number of aromatic nitrogens is 3. The molecule has 0 radical (unpaired) electrons. The van der Waals surface area contributed by atoms with E-state index >= 15 is 0 Å². The lowest BCUT2D eigenvalue weighted by Gasteiger charge is -2.40. The molecule has 0 amide bonds. The third-order valence-electron chi connectivity index (χ3n) is 6.15. The van der Waals surface area contributed by atoms with Gasteiger partial charge in [0.2, 0.25) is 16.7 Å². The number of halogens is 1. The van der Waals surface area contributed by atoms with Gasteiger partial charge >= 0.3 is 0 Å². The van der Waals surface area contributed by atoms with Crippen molar-refractivity contribution in [3.63, 3.8) is 0 Å². The Bertz CT molecular complexity index is 1410. The molecular formula is C25H22FN5O2S. The fraction of sp³-hybridized carbons (Fsp3) is 0.200. The molecule has 1 atom stereocenters. The summed E-state index contributed by atoms with van der Waals surface area (Å²) in [7, 11) is 0. The van der Waals surface area contributed by atoms with E-state index in [1.54, 1.807) is 24.5 Å². The Labute approximate surface area is 199 Å². The molecule has 4 heterocycles. The first-order valence-electron chi connectivity index (χ1n) is 11.1. The van der Waals surface area contributed by atoms with Crippen molar-refractivity contribution >= 4 is 22.0 Å². The maximum atomic E-state index is 14.2. The van der Waals surface area contributed by atoms with Crippen molar-refractivity contribution < 1.29 is 13.9 Å². The van der Waals surface area contributed by atoms with Crippen LogP contribution in [0.15, 0.2) is 77.4 Å². The van der Waals surface area contributed by atoms with Crippen molar-refractivity contribution in [2.24, 2.45) is 0 Å². The molecule has 2 aromatic carbocycles. The number of hydrogen-bond acceptors (Lipinski definition) is 7. The van der Waals surface area contributed by atoms with Gasteiger partial charge in [0.25, 0.3) is 0 Å². The molecule has 1 saturated heterocycles. The molecule has 0 spiro atoms. The van der Waals surface area contributed by atoms with Crippen LogP contribution in [0.4, 0.5) is 10.1 Å². The molecule has 1 N–H and O–H groups in total. The van der Waals surface area contributed by atoms with Crippen molar-refractivity contribution in [2.75, 3.05) is 31.1 Å². The summed E-state index contributed by atoms with van der Waals surface area (Å²) in [6, 6.07) is 20.1. The van der Waals surface area contributed by atoms with E-state index in [4.69, 9.17) is 4.42 Å². The highest BCUT2D eigenvalue weighted by Gasteiger charge is 2.32. The van der Waals surface area contributed by atoms with E-state index in [1.165, 1.54) is 33.7 Å². The topological polar surface area (TPSA) is 70.0 Å². The third-order valence-corrected chi connectivity index (χ3v) is 7.23. The molecule has 1 fully saturated rings. The Hall–Kier alpha value is -3.69. The van der Waals surface area contributed by atoms with Crippen LogP contribution in [-0.4, -0.2) is 50.8 Å². The number of aromatic hydroxyl groups is 1. The van der Waals surface area contributed by atoms with Crippen LogP contribution in [-0.2, 0) is 0 Å². The Morgan fingerprint density at radius 1 is 0.971 bits per heavy atom. The van der Waals surface area contributed by atoms with Crippen molar-refractivity contribution in [3.05, 3.63) is 89.3 Å². The molecule has 0 unspecified atom stereocenters. The number of rotatable bonds is 5. The summed E-state index contributed by atoms with van der Waals surface area (Å²) in [4.78, 5) is 10.4. The Morgan fingerprint density at radius 2 is 1.79 bits per heavy atom. The average molecular weight is 476 g/mol. The monoisotopic (exact) mass is 475 g/mol. The van der Waals surface area contributed by atoms with Gasteiger partial charge in [0.1, 0.15) is 5.82 Å². The lowest BCUT2D eigenvalue weighted by Crippen LogP contribution is -2.47. The molecule has 5 aromatic rings. The number of piperazine rings is 1. The van der Waals surface area contributed by atoms with Crippen LogP contribution in [0.5, 0.6) is 5.88 Å². The zero-order chi connectivity index (χ0) is 23.1. The molecule has 172 valence electrons. The zero-order valence-corrected chi connectivity index (χ0v) is 19.0. The molecular weight excluding hydrogens is 453 g/mol. The molecule has 6 rings (SSSR count). The number of hydrogen-bond donors (Lipinski definition) is 1. The maximum Gasteiger partial charge on any atom is 0.230 e. The zero-order valence-electron chi connectivity index (χ0n) is 18.2. The minimum absolute atomic E-state index is 0.0186. The van der Waals surface area contributed by atoms with Gasteiger partial charge in [-0.25, -0.2) is 4.39 Å². The Morgan fingerprint density at radius 3 is 2.50 bits per heavy atom. The first kappa shape index (κ1) is 20.9. The molecule has 1 aliphatic heterocycles. The molecule has 34 heavy (non-hydrogen) atoms. The van der Waals surface area contributed by atoms with E-state index < -0.39 is 0 Å². The van der Waals surface area contributed by atoms with E-state index in [-0.39, 0.29) is 17.7 Å². The molecule has 0 aliphatic carbocycles. The van der Waals surface area contributed by atoms with Gasteiger partial charge in [0.05, 0.1) is 17.2 Å². The normalized spacial score (nSPS) is 15.7. The van der Waals surface area contributed by atoms with Crippen molar-refractivity contribution in [3.8, 4) is 17.5 Å². The van der Waals surface area contributed by atoms with Crippen LogP contribution in [0.25, 0.3) is 16.5 Å². The minimum atomic E-state index is -0.311. The second-order valence-corrected chi connectivity index (χ2v) is 9.22. The van der Waals surface area contributed by atoms with Gasteiger partial charge in [-0.05, 0) is 42.0 Å². The van der Waals surface area contributed by atoms with Crippen LogP contribution < -0.4 is 4.90 Å². The van der Waals surface area contributed by atoms with E-state index in [2.05, 4.69) is 32.0 Å². The van der Waals surface area contributed by atoms with Crippen molar-refractivity contribution in [2.45, 2.75) is 6.04 Å². The molecule has 0 saturated carbocycles. The Kier molecular flexibility index (Phi) is 5.27. The smallest absolute Gasteiger partial charge is 0.230 e. The van der Waals surface area contributed by atoms with Crippen LogP contribution in [0, 0.1) is 5.82 Å². The lowest BCUT2D eigenvalue weighted by atomic mass is 10.0. The van der Waals surface area contributed by atoms with Crippen LogP contribution in [0.3, 0.4) is 0 Å². The lowest BCUT2D eigenvalue weighted by molar-refractivity contribution is 0.211. The summed E-state index contributed by atoms with van der Waals surface area (Å²) < 4.78 is 21.0. The van der Waals surface area contributed by atoms with Crippen LogP contribution in [0.1, 0.15) is 16.5 Å². The maximum absolute atomic E-state index is 14.2. The SMILES string of the molecule is Oc1c([C@@H](c2cccc(F)c2)N2CCN(c3ccccc3)CC2)sc2nc(-c3ccco3)nn12. The predicted octanol–water partition coefficient (Wildman–Crippen LogP) is 4.81. The number of furan rings is 1. The summed E-state index contributed by atoms with van der Waals surface area (Å²) >= 11 is 1.36. The molecule has 1 aliphatic rings. The van der Waals surface area contributed by atoms with Gasteiger partial charge in [-0.15, -0.1) is 5.10 Å². The van der Waals surface area contributed by atoms with E-state index in [9.17, 15) is 9.50 Å². The molecule has 7 nitrogen and oxygen atoms in total. The summed E-state index contributed by atoms with van der Waals surface area (Å²) in [6.07, 6.45) is 1.56. The summed E-state index contributed by atoms with van der Waals surface area (Å²) in [5, 5.41) is 15.6. The van der Waals surface area contributed by atoms with Gasteiger partial charge in [-0.2, -0.15) is 9.50 Å². The van der Waals surface area contributed by atoms with E-state index in [0.29, 0.717) is 21.4 Å². The molecule has 9 heteroatoms. The highest BCUT2D eigenvalue weighted by atomic mass is 32.1. The number of fused-ring (bicyclic) bond motifs is 1. The third kappa shape index (κ3) is 3.72. The number of benzene rings is 2. The number of nitrogens with zero attached hydrogens (tertiary/aromatic N) is 5. The Balaban J connectivity index is 1.35. The van der Waals surface area contributed by atoms with Crippen LogP contribution in [0.2, 0.25) is 0 Å². The summed E-state index contributed by atoms with van der Waals surface area (Å²) in [5.74, 6) is 0.668.